The lowest BCUT2D eigenvalue weighted by atomic mass is 10.1. The number of amides is 2. The Hall–Kier alpha value is -1.88. The van der Waals surface area contributed by atoms with Crippen molar-refractivity contribution < 1.29 is 9.59 Å². The summed E-state index contributed by atoms with van der Waals surface area (Å²) in [6, 6.07) is 7.62. The third kappa shape index (κ3) is 6.90. The van der Waals surface area contributed by atoms with Crippen molar-refractivity contribution >= 4 is 17.5 Å². The molecule has 5 nitrogen and oxygen atoms in total. The lowest BCUT2D eigenvalue weighted by molar-refractivity contribution is -0.128. The lowest BCUT2D eigenvalue weighted by Crippen LogP contribution is -2.28. The van der Waals surface area contributed by atoms with Gasteiger partial charge >= 0.3 is 0 Å². The SMILES string of the molecule is CCCNCC(=O)Nc1ccc(CCC(=O)N(C)C)cc1. The van der Waals surface area contributed by atoms with Crippen LogP contribution in [0.3, 0.4) is 0 Å². The number of rotatable bonds is 8. The van der Waals surface area contributed by atoms with Gasteiger partial charge in [-0.3, -0.25) is 9.59 Å². The fourth-order valence-electron chi connectivity index (χ4n) is 1.81. The van der Waals surface area contributed by atoms with Gasteiger partial charge in [-0.15, -0.1) is 0 Å². The van der Waals surface area contributed by atoms with Gasteiger partial charge in [0.2, 0.25) is 11.8 Å². The van der Waals surface area contributed by atoms with Crippen LogP contribution in [0.2, 0.25) is 0 Å². The van der Waals surface area contributed by atoms with Gasteiger partial charge in [0, 0.05) is 26.2 Å². The van der Waals surface area contributed by atoms with Gasteiger partial charge in [0.25, 0.3) is 0 Å². The Labute approximate surface area is 126 Å². The molecule has 0 fully saturated rings. The number of anilines is 1. The molecular formula is C16H25N3O2. The first kappa shape index (κ1) is 17.2. The van der Waals surface area contributed by atoms with E-state index >= 15 is 0 Å². The van der Waals surface area contributed by atoms with Gasteiger partial charge in [-0.25, -0.2) is 0 Å². The highest BCUT2D eigenvalue weighted by molar-refractivity contribution is 5.92. The summed E-state index contributed by atoms with van der Waals surface area (Å²) in [6.45, 7) is 3.23. The highest BCUT2D eigenvalue weighted by atomic mass is 16.2. The van der Waals surface area contributed by atoms with Gasteiger partial charge in [0.05, 0.1) is 6.54 Å². The molecule has 1 aromatic rings. The minimum atomic E-state index is -0.0426. The van der Waals surface area contributed by atoms with E-state index in [0.29, 0.717) is 19.4 Å². The van der Waals surface area contributed by atoms with Crippen LogP contribution in [-0.2, 0) is 16.0 Å². The highest BCUT2D eigenvalue weighted by Gasteiger charge is 2.05. The van der Waals surface area contributed by atoms with Crippen LogP contribution in [0.25, 0.3) is 0 Å². The smallest absolute Gasteiger partial charge is 0.238 e. The predicted molar refractivity (Wildman–Crippen MR) is 85.2 cm³/mol. The summed E-state index contributed by atoms with van der Waals surface area (Å²) in [6.07, 6.45) is 2.22. The van der Waals surface area contributed by atoms with Gasteiger partial charge < -0.3 is 15.5 Å². The summed E-state index contributed by atoms with van der Waals surface area (Å²) in [5.74, 6) is 0.0772. The fourth-order valence-corrected chi connectivity index (χ4v) is 1.81. The molecule has 0 saturated heterocycles. The molecule has 5 heteroatoms. The quantitative estimate of drug-likeness (QED) is 0.716. The van der Waals surface area contributed by atoms with Gasteiger partial charge in [0.1, 0.15) is 0 Å². The zero-order valence-electron chi connectivity index (χ0n) is 13.1. The van der Waals surface area contributed by atoms with Crippen molar-refractivity contribution in [3.8, 4) is 0 Å². The van der Waals surface area contributed by atoms with Crippen LogP contribution in [-0.4, -0.2) is 43.9 Å². The number of hydrogen-bond acceptors (Lipinski definition) is 3. The topological polar surface area (TPSA) is 61.4 Å². The molecule has 1 aromatic carbocycles. The Balaban J connectivity index is 2.39. The van der Waals surface area contributed by atoms with E-state index in [1.54, 1.807) is 19.0 Å². The van der Waals surface area contributed by atoms with Gasteiger partial charge in [0.15, 0.2) is 0 Å². The number of carbonyl (C=O) groups excluding carboxylic acids is 2. The molecule has 0 spiro atoms. The first-order chi connectivity index (χ1) is 10.0. The summed E-state index contributed by atoms with van der Waals surface area (Å²) in [5, 5.41) is 5.89. The molecule has 0 aromatic heterocycles. The van der Waals surface area contributed by atoms with Crippen molar-refractivity contribution in [1.29, 1.82) is 0 Å². The first-order valence-corrected chi connectivity index (χ1v) is 7.32. The second-order valence-corrected chi connectivity index (χ2v) is 5.21. The summed E-state index contributed by atoms with van der Waals surface area (Å²) in [5.41, 5.74) is 1.87. The van der Waals surface area contributed by atoms with Crippen LogP contribution < -0.4 is 10.6 Å². The van der Waals surface area contributed by atoms with E-state index in [0.717, 1.165) is 24.2 Å². The molecule has 0 aliphatic carbocycles. The lowest BCUT2D eigenvalue weighted by Gasteiger charge is -2.10. The summed E-state index contributed by atoms with van der Waals surface area (Å²) in [7, 11) is 3.51. The molecule has 21 heavy (non-hydrogen) atoms. The zero-order chi connectivity index (χ0) is 15.7. The molecule has 0 atom stereocenters. The molecule has 0 heterocycles. The second-order valence-electron chi connectivity index (χ2n) is 5.21. The standard InChI is InChI=1S/C16H25N3O2/c1-4-11-17-12-15(20)18-14-8-5-13(6-9-14)7-10-16(21)19(2)3/h5-6,8-9,17H,4,7,10-12H2,1-3H3,(H,18,20). The Bertz CT molecular complexity index is 455. The Kier molecular flexibility index (Phi) is 7.46. The van der Waals surface area contributed by atoms with Crippen LogP contribution in [0.15, 0.2) is 24.3 Å². The first-order valence-electron chi connectivity index (χ1n) is 7.32. The molecule has 1 rings (SSSR count). The maximum absolute atomic E-state index is 11.6. The molecule has 0 bridgehead atoms. The monoisotopic (exact) mass is 291 g/mol. The Morgan fingerprint density at radius 2 is 1.81 bits per heavy atom. The largest absolute Gasteiger partial charge is 0.349 e. The van der Waals surface area contributed by atoms with Crippen molar-refractivity contribution in [3.63, 3.8) is 0 Å². The molecular weight excluding hydrogens is 266 g/mol. The van der Waals surface area contributed by atoms with Gasteiger partial charge in [-0.1, -0.05) is 19.1 Å². The number of nitrogens with one attached hydrogen (secondary N) is 2. The summed E-state index contributed by atoms with van der Waals surface area (Å²) in [4.78, 5) is 24.7. The van der Waals surface area contributed by atoms with Crippen molar-refractivity contribution in [2.75, 3.05) is 32.5 Å². The average Bonchev–Trinajstić information content (AvgIpc) is 2.46. The predicted octanol–water partition coefficient (Wildman–Crippen LogP) is 1.65. The number of nitrogens with zero attached hydrogens (tertiary/aromatic N) is 1. The van der Waals surface area contributed by atoms with E-state index in [1.165, 1.54) is 0 Å². The maximum Gasteiger partial charge on any atom is 0.238 e. The van der Waals surface area contributed by atoms with Crippen LogP contribution in [0, 0.1) is 0 Å². The van der Waals surface area contributed by atoms with E-state index in [1.807, 2.05) is 24.3 Å². The number of aryl methyl sites for hydroxylation is 1. The normalized spacial score (nSPS) is 10.2. The number of benzene rings is 1. The van der Waals surface area contributed by atoms with Crippen LogP contribution in [0.4, 0.5) is 5.69 Å². The van der Waals surface area contributed by atoms with Crippen molar-refractivity contribution in [3.05, 3.63) is 29.8 Å². The molecule has 2 amide bonds. The summed E-state index contributed by atoms with van der Waals surface area (Å²) >= 11 is 0. The second kappa shape index (κ2) is 9.13. The minimum Gasteiger partial charge on any atom is -0.349 e. The number of hydrogen-bond donors (Lipinski definition) is 2. The van der Waals surface area contributed by atoms with Crippen LogP contribution in [0.1, 0.15) is 25.3 Å². The van der Waals surface area contributed by atoms with E-state index in [9.17, 15) is 9.59 Å². The van der Waals surface area contributed by atoms with Crippen LogP contribution in [0.5, 0.6) is 0 Å². The van der Waals surface area contributed by atoms with E-state index in [4.69, 9.17) is 0 Å². The zero-order valence-corrected chi connectivity index (χ0v) is 13.1. The van der Waals surface area contributed by atoms with E-state index in [-0.39, 0.29) is 11.8 Å². The molecule has 0 saturated carbocycles. The minimum absolute atomic E-state index is 0.0426. The molecule has 0 aliphatic heterocycles. The van der Waals surface area contributed by atoms with E-state index < -0.39 is 0 Å². The molecule has 0 aliphatic rings. The fraction of sp³-hybridized carbons (Fsp3) is 0.500. The van der Waals surface area contributed by atoms with Crippen molar-refractivity contribution in [2.24, 2.45) is 0 Å². The third-order valence-electron chi connectivity index (χ3n) is 3.08. The molecule has 116 valence electrons. The number of carbonyl (C=O) groups is 2. The third-order valence-corrected chi connectivity index (χ3v) is 3.08. The van der Waals surface area contributed by atoms with Crippen molar-refractivity contribution in [2.45, 2.75) is 26.2 Å². The Morgan fingerprint density at radius 3 is 2.38 bits per heavy atom. The van der Waals surface area contributed by atoms with Crippen molar-refractivity contribution in [1.82, 2.24) is 10.2 Å². The average molecular weight is 291 g/mol. The van der Waals surface area contributed by atoms with Gasteiger partial charge in [-0.2, -0.15) is 0 Å². The molecule has 0 unspecified atom stereocenters. The molecule has 0 radical (unpaired) electrons. The highest BCUT2D eigenvalue weighted by Crippen LogP contribution is 2.11. The Morgan fingerprint density at radius 1 is 1.14 bits per heavy atom. The summed E-state index contributed by atoms with van der Waals surface area (Å²) < 4.78 is 0. The van der Waals surface area contributed by atoms with Gasteiger partial charge in [-0.05, 0) is 37.1 Å². The van der Waals surface area contributed by atoms with Crippen LogP contribution >= 0.6 is 0 Å². The van der Waals surface area contributed by atoms with E-state index in [2.05, 4.69) is 17.6 Å². The molecule has 2 N–H and O–H groups in total. The maximum atomic E-state index is 11.6.